The summed E-state index contributed by atoms with van der Waals surface area (Å²) >= 11 is 0. The molecule has 0 spiro atoms. The molecule has 0 radical (unpaired) electrons. The fourth-order valence-corrected chi connectivity index (χ4v) is 2.21. The molecule has 25 heavy (non-hydrogen) atoms. The van der Waals surface area contributed by atoms with Gasteiger partial charge in [0.2, 0.25) is 0 Å². The zero-order chi connectivity index (χ0) is 17.6. The van der Waals surface area contributed by atoms with Crippen molar-refractivity contribution in [1.29, 1.82) is 0 Å². The molecule has 0 aliphatic heterocycles. The average Bonchev–Trinajstić information content (AvgIpc) is 3.28. The highest BCUT2D eigenvalue weighted by Gasteiger charge is 2.10. The maximum absolute atomic E-state index is 12.1. The van der Waals surface area contributed by atoms with Crippen LogP contribution in [0.3, 0.4) is 0 Å². The molecule has 0 aliphatic rings. The van der Waals surface area contributed by atoms with Gasteiger partial charge in [-0.25, -0.2) is 5.43 Å². The Morgan fingerprint density at radius 3 is 2.88 bits per heavy atom. The Morgan fingerprint density at radius 1 is 1.24 bits per heavy atom. The second-order valence-corrected chi connectivity index (χ2v) is 5.56. The molecule has 6 nitrogen and oxygen atoms in total. The summed E-state index contributed by atoms with van der Waals surface area (Å²) in [7, 11) is 0. The van der Waals surface area contributed by atoms with E-state index in [-0.39, 0.29) is 5.91 Å². The summed E-state index contributed by atoms with van der Waals surface area (Å²) in [4.78, 5) is 12.1. The van der Waals surface area contributed by atoms with Gasteiger partial charge in [-0.3, -0.25) is 9.89 Å². The van der Waals surface area contributed by atoms with Crippen molar-refractivity contribution in [3.63, 3.8) is 0 Å². The highest BCUT2D eigenvalue weighted by atomic mass is 16.3. The first kappa shape index (κ1) is 16.4. The number of nitrogens with zero attached hydrogens (tertiary/aromatic N) is 2. The summed E-state index contributed by atoms with van der Waals surface area (Å²) in [6.45, 7) is 4.10. The Morgan fingerprint density at radius 2 is 2.12 bits per heavy atom. The number of carbonyl (C=O) groups excluding carboxylic acids is 1. The quantitative estimate of drug-likeness (QED) is 0.551. The summed E-state index contributed by atoms with van der Waals surface area (Å²) in [6.07, 6.45) is 6.47. The third-order valence-electron chi connectivity index (χ3n) is 3.76. The molecule has 0 saturated carbocycles. The number of aryl methyl sites for hydroxylation is 2. The standard InChI is InChI=1S/C19H18N4O2/c1-13-7-8-15(11-14(13)2)17-12-18(22-21-17)19(24)23-20-9-3-5-16-6-4-10-25-16/h3-12H,1-2H3,(H,21,22)(H,23,24)/b5-3+,20-9-. The minimum absolute atomic E-state index is 0.348. The highest BCUT2D eigenvalue weighted by Crippen LogP contribution is 2.20. The Bertz CT molecular complexity index is 921. The fourth-order valence-electron chi connectivity index (χ4n) is 2.21. The first-order valence-corrected chi connectivity index (χ1v) is 7.80. The van der Waals surface area contributed by atoms with Gasteiger partial charge in [-0.1, -0.05) is 12.1 Å². The van der Waals surface area contributed by atoms with E-state index in [9.17, 15) is 4.79 Å². The van der Waals surface area contributed by atoms with Gasteiger partial charge in [0, 0.05) is 11.8 Å². The van der Waals surface area contributed by atoms with Crippen molar-refractivity contribution in [2.45, 2.75) is 13.8 Å². The van der Waals surface area contributed by atoms with Crippen molar-refractivity contribution in [1.82, 2.24) is 15.6 Å². The van der Waals surface area contributed by atoms with E-state index in [4.69, 9.17) is 4.42 Å². The van der Waals surface area contributed by atoms with E-state index in [0.717, 1.165) is 11.3 Å². The minimum Gasteiger partial charge on any atom is -0.465 e. The van der Waals surface area contributed by atoms with E-state index in [1.165, 1.54) is 17.3 Å². The Hall–Kier alpha value is -3.41. The predicted molar refractivity (Wildman–Crippen MR) is 97.2 cm³/mol. The van der Waals surface area contributed by atoms with Crippen LogP contribution < -0.4 is 5.43 Å². The SMILES string of the molecule is Cc1ccc(-c2cc(C(=O)N/N=C\C=C\c3ccco3)[nH]n2)cc1C. The van der Waals surface area contributed by atoms with Crippen LogP contribution in [-0.2, 0) is 0 Å². The molecule has 0 aliphatic carbocycles. The number of hydrogen-bond acceptors (Lipinski definition) is 4. The number of furan rings is 1. The lowest BCUT2D eigenvalue weighted by molar-refractivity contribution is 0.0950. The van der Waals surface area contributed by atoms with Crippen molar-refractivity contribution < 1.29 is 9.21 Å². The summed E-state index contributed by atoms with van der Waals surface area (Å²) in [5, 5.41) is 10.8. The van der Waals surface area contributed by atoms with Crippen LogP contribution in [0, 0.1) is 13.8 Å². The number of amides is 1. The number of benzene rings is 1. The van der Waals surface area contributed by atoms with Crippen LogP contribution in [0.15, 0.2) is 58.3 Å². The number of H-pyrrole nitrogens is 1. The van der Waals surface area contributed by atoms with Crippen LogP contribution in [0.2, 0.25) is 0 Å². The molecule has 0 unspecified atom stereocenters. The van der Waals surface area contributed by atoms with Crippen LogP contribution in [0.4, 0.5) is 0 Å². The van der Waals surface area contributed by atoms with Gasteiger partial charge in [-0.15, -0.1) is 0 Å². The van der Waals surface area contributed by atoms with Crippen LogP contribution in [0.5, 0.6) is 0 Å². The Balaban J connectivity index is 1.61. The molecule has 3 rings (SSSR count). The highest BCUT2D eigenvalue weighted by molar-refractivity contribution is 5.93. The predicted octanol–water partition coefficient (Wildman–Crippen LogP) is 3.72. The monoisotopic (exact) mass is 334 g/mol. The molecule has 2 heterocycles. The van der Waals surface area contributed by atoms with Gasteiger partial charge in [0.15, 0.2) is 0 Å². The van der Waals surface area contributed by atoms with Gasteiger partial charge in [-0.05, 0) is 61.4 Å². The van der Waals surface area contributed by atoms with E-state index in [1.54, 1.807) is 30.5 Å². The molecule has 0 saturated heterocycles. The molecule has 126 valence electrons. The van der Waals surface area contributed by atoms with Crippen LogP contribution in [0.25, 0.3) is 17.3 Å². The third kappa shape index (κ3) is 4.11. The number of hydrazone groups is 1. The normalized spacial score (nSPS) is 11.4. The van der Waals surface area contributed by atoms with Crippen molar-refractivity contribution >= 4 is 18.2 Å². The molecule has 0 atom stereocenters. The molecule has 2 aromatic heterocycles. The second kappa shape index (κ2) is 7.44. The molecule has 2 N–H and O–H groups in total. The van der Waals surface area contributed by atoms with Gasteiger partial charge >= 0.3 is 0 Å². The number of aromatic nitrogens is 2. The molecule has 0 bridgehead atoms. The van der Waals surface area contributed by atoms with E-state index < -0.39 is 0 Å². The van der Waals surface area contributed by atoms with Gasteiger partial charge < -0.3 is 4.42 Å². The van der Waals surface area contributed by atoms with E-state index >= 15 is 0 Å². The van der Waals surface area contributed by atoms with Gasteiger partial charge in [-0.2, -0.15) is 10.2 Å². The summed E-state index contributed by atoms with van der Waals surface area (Å²) in [5.41, 5.74) is 6.87. The maximum Gasteiger partial charge on any atom is 0.289 e. The molecule has 6 heteroatoms. The first-order valence-electron chi connectivity index (χ1n) is 7.80. The third-order valence-corrected chi connectivity index (χ3v) is 3.76. The second-order valence-electron chi connectivity index (χ2n) is 5.56. The zero-order valence-corrected chi connectivity index (χ0v) is 14.0. The van der Waals surface area contributed by atoms with Crippen molar-refractivity contribution in [3.8, 4) is 11.3 Å². The van der Waals surface area contributed by atoms with Crippen LogP contribution in [0.1, 0.15) is 27.4 Å². The van der Waals surface area contributed by atoms with E-state index in [0.29, 0.717) is 11.5 Å². The maximum atomic E-state index is 12.1. The lowest BCUT2D eigenvalue weighted by Gasteiger charge is -2.01. The summed E-state index contributed by atoms with van der Waals surface area (Å²) in [6, 6.07) is 11.4. The molecule has 3 aromatic rings. The number of rotatable bonds is 5. The largest absolute Gasteiger partial charge is 0.465 e. The number of carbonyl (C=O) groups is 1. The van der Waals surface area contributed by atoms with E-state index in [1.807, 2.05) is 31.2 Å². The van der Waals surface area contributed by atoms with Crippen molar-refractivity contribution in [3.05, 3.63) is 71.3 Å². The molecule has 1 amide bonds. The molecule has 1 aromatic carbocycles. The van der Waals surface area contributed by atoms with Gasteiger partial charge in [0.05, 0.1) is 12.0 Å². The lowest BCUT2D eigenvalue weighted by Crippen LogP contribution is -2.17. The topological polar surface area (TPSA) is 83.3 Å². The number of allylic oxidation sites excluding steroid dienone is 1. The Labute approximate surface area is 145 Å². The minimum atomic E-state index is -0.356. The Kier molecular flexibility index (Phi) is 4.89. The number of hydrogen-bond donors (Lipinski definition) is 2. The number of aromatic amines is 1. The average molecular weight is 334 g/mol. The first-order chi connectivity index (χ1) is 12.1. The van der Waals surface area contributed by atoms with Gasteiger partial charge in [0.1, 0.15) is 11.5 Å². The lowest BCUT2D eigenvalue weighted by atomic mass is 10.0. The van der Waals surface area contributed by atoms with E-state index in [2.05, 4.69) is 27.6 Å². The summed E-state index contributed by atoms with van der Waals surface area (Å²) < 4.78 is 5.14. The fraction of sp³-hybridized carbons (Fsp3) is 0.105. The van der Waals surface area contributed by atoms with Crippen molar-refractivity contribution in [2.24, 2.45) is 5.10 Å². The zero-order valence-electron chi connectivity index (χ0n) is 14.0. The van der Waals surface area contributed by atoms with Crippen molar-refractivity contribution in [2.75, 3.05) is 0 Å². The smallest absolute Gasteiger partial charge is 0.289 e. The number of nitrogens with one attached hydrogen (secondary N) is 2. The molecular weight excluding hydrogens is 316 g/mol. The molecule has 0 fully saturated rings. The van der Waals surface area contributed by atoms with Gasteiger partial charge in [0.25, 0.3) is 5.91 Å². The molecular formula is C19H18N4O2. The summed E-state index contributed by atoms with van der Waals surface area (Å²) in [5.74, 6) is 0.356. The van der Waals surface area contributed by atoms with Crippen LogP contribution >= 0.6 is 0 Å². The van der Waals surface area contributed by atoms with Crippen LogP contribution in [-0.4, -0.2) is 22.3 Å².